The fourth-order valence-electron chi connectivity index (χ4n) is 2.71. The van der Waals surface area contributed by atoms with Gasteiger partial charge in [-0.15, -0.1) is 10.2 Å². The molecule has 3 rings (SSSR count). The number of benzene rings is 2. The number of hydrogen-bond donors (Lipinski definition) is 1. The summed E-state index contributed by atoms with van der Waals surface area (Å²) in [5.74, 6) is -0.179. The van der Waals surface area contributed by atoms with Crippen LogP contribution in [0.15, 0.2) is 60.7 Å². The maximum absolute atomic E-state index is 12.9. The van der Waals surface area contributed by atoms with Crippen LogP contribution in [-0.2, 0) is 11.2 Å². The van der Waals surface area contributed by atoms with Crippen LogP contribution in [0.25, 0.3) is 11.6 Å². The number of nitrogens with one attached hydrogen (secondary N) is 1. The zero-order valence-corrected chi connectivity index (χ0v) is 16.2. The van der Waals surface area contributed by atoms with Gasteiger partial charge in [0, 0.05) is 12.0 Å². The van der Waals surface area contributed by atoms with Crippen molar-refractivity contribution in [3.05, 3.63) is 76.8 Å². The molecule has 2 aromatic carbocycles. The molecule has 3 aromatic rings. The minimum Gasteiger partial charge on any atom is -0.296 e. The highest BCUT2D eigenvalue weighted by molar-refractivity contribution is 7.15. The van der Waals surface area contributed by atoms with E-state index in [-0.39, 0.29) is 5.91 Å². The van der Waals surface area contributed by atoms with Crippen molar-refractivity contribution in [2.75, 3.05) is 5.32 Å². The average molecular weight is 378 g/mol. The number of anilines is 1. The molecular formula is C22H23N3OS. The topological polar surface area (TPSA) is 54.9 Å². The zero-order valence-electron chi connectivity index (χ0n) is 15.4. The van der Waals surface area contributed by atoms with Gasteiger partial charge in [-0.05, 0) is 23.6 Å². The largest absolute Gasteiger partial charge is 0.296 e. The van der Waals surface area contributed by atoms with Gasteiger partial charge in [0.15, 0.2) is 0 Å². The predicted octanol–water partition coefficient (Wildman–Crippen LogP) is 5.45. The number of hydrogen-bond acceptors (Lipinski definition) is 4. The van der Waals surface area contributed by atoms with Crippen molar-refractivity contribution < 1.29 is 4.79 Å². The summed E-state index contributed by atoms with van der Waals surface area (Å²) in [4.78, 5) is 12.9. The van der Waals surface area contributed by atoms with Crippen molar-refractivity contribution >= 4 is 34.0 Å². The van der Waals surface area contributed by atoms with Crippen LogP contribution >= 0.6 is 11.3 Å². The van der Waals surface area contributed by atoms with Gasteiger partial charge < -0.3 is 0 Å². The van der Waals surface area contributed by atoms with Crippen molar-refractivity contribution in [3.63, 3.8) is 0 Å². The monoisotopic (exact) mass is 377 g/mol. The lowest BCUT2D eigenvalue weighted by molar-refractivity contribution is -0.111. The number of unbranched alkanes of at least 4 members (excludes halogenated alkanes) is 2. The maximum Gasteiger partial charge on any atom is 0.258 e. The third-order valence-electron chi connectivity index (χ3n) is 4.12. The minimum atomic E-state index is -0.179. The first-order valence-electron chi connectivity index (χ1n) is 9.22. The van der Waals surface area contributed by atoms with Gasteiger partial charge in [0.2, 0.25) is 5.13 Å². The molecule has 0 aliphatic rings. The summed E-state index contributed by atoms with van der Waals surface area (Å²) < 4.78 is 0. The average Bonchev–Trinajstić information content (AvgIpc) is 3.15. The first kappa shape index (κ1) is 19.0. The molecule has 0 saturated carbocycles. The Labute approximate surface area is 164 Å². The lowest BCUT2D eigenvalue weighted by Crippen LogP contribution is -2.13. The Morgan fingerprint density at radius 1 is 1.00 bits per heavy atom. The zero-order chi connectivity index (χ0) is 18.9. The molecular weight excluding hydrogens is 354 g/mol. The van der Waals surface area contributed by atoms with Gasteiger partial charge >= 0.3 is 0 Å². The minimum absolute atomic E-state index is 0.179. The van der Waals surface area contributed by atoms with Gasteiger partial charge in [-0.25, -0.2) is 0 Å². The molecule has 1 N–H and O–H groups in total. The summed E-state index contributed by atoms with van der Waals surface area (Å²) in [6.45, 7) is 2.18. The molecule has 27 heavy (non-hydrogen) atoms. The van der Waals surface area contributed by atoms with Crippen LogP contribution in [0.4, 0.5) is 5.13 Å². The number of amides is 1. The number of rotatable bonds is 8. The number of nitrogens with zero attached hydrogens (tertiary/aromatic N) is 2. The standard InChI is InChI=1S/C22H23N3OS/c1-2-3-6-15-20-24-25-22(27-20)23-21(26)19(18-13-9-5-10-14-18)16-17-11-7-4-8-12-17/h4-5,7-14,16H,2-3,6,15H2,1H3,(H,23,25,26). The van der Waals surface area contributed by atoms with Crippen LogP contribution in [0.5, 0.6) is 0 Å². The molecule has 0 unspecified atom stereocenters. The Balaban J connectivity index is 1.79. The van der Waals surface area contributed by atoms with Gasteiger partial charge in [0.1, 0.15) is 5.01 Å². The lowest BCUT2D eigenvalue weighted by Gasteiger charge is -2.07. The molecule has 5 heteroatoms. The first-order valence-corrected chi connectivity index (χ1v) is 10.0. The number of carbonyl (C=O) groups excluding carboxylic acids is 1. The Morgan fingerprint density at radius 2 is 1.70 bits per heavy atom. The van der Waals surface area contributed by atoms with E-state index < -0.39 is 0 Å². The van der Waals surface area contributed by atoms with Gasteiger partial charge in [-0.2, -0.15) is 0 Å². The number of aromatic nitrogens is 2. The highest BCUT2D eigenvalue weighted by Crippen LogP contribution is 2.23. The van der Waals surface area contributed by atoms with E-state index in [2.05, 4.69) is 22.4 Å². The molecule has 1 heterocycles. The third-order valence-corrected chi connectivity index (χ3v) is 5.02. The van der Waals surface area contributed by atoms with Crippen molar-refractivity contribution in [1.29, 1.82) is 0 Å². The summed E-state index contributed by atoms with van der Waals surface area (Å²) >= 11 is 1.45. The van der Waals surface area contributed by atoms with E-state index in [1.54, 1.807) is 0 Å². The fraction of sp³-hybridized carbons (Fsp3) is 0.227. The SMILES string of the molecule is CCCCCc1nnc(NC(=O)C(=Cc2ccccc2)c2ccccc2)s1. The fourth-order valence-corrected chi connectivity index (χ4v) is 3.49. The molecule has 0 aliphatic heterocycles. The van der Waals surface area contributed by atoms with Gasteiger partial charge in [-0.3, -0.25) is 10.1 Å². The van der Waals surface area contributed by atoms with Gasteiger partial charge in [0.05, 0.1) is 0 Å². The Kier molecular flexibility index (Phi) is 6.88. The van der Waals surface area contributed by atoms with Crippen molar-refractivity contribution in [3.8, 4) is 0 Å². The van der Waals surface area contributed by atoms with Crippen molar-refractivity contribution in [2.45, 2.75) is 32.6 Å². The van der Waals surface area contributed by atoms with Crippen LogP contribution in [0.3, 0.4) is 0 Å². The van der Waals surface area contributed by atoms with E-state index in [1.165, 1.54) is 24.2 Å². The summed E-state index contributed by atoms with van der Waals surface area (Å²) in [7, 11) is 0. The van der Waals surface area contributed by atoms with Crippen molar-refractivity contribution in [2.24, 2.45) is 0 Å². The van der Waals surface area contributed by atoms with E-state index >= 15 is 0 Å². The predicted molar refractivity (Wildman–Crippen MR) is 113 cm³/mol. The Hall–Kier alpha value is -2.79. The molecule has 0 saturated heterocycles. The third kappa shape index (κ3) is 5.59. The molecule has 0 bridgehead atoms. The van der Waals surface area contributed by atoms with E-state index in [9.17, 15) is 4.79 Å². The second-order valence-corrected chi connectivity index (χ2v) is 7.31. The normalized spacial score (nSPS) is 11.4. The number of aryl methyl sites for hydroxylation is 1. The van der Waals surface area contributed by atoms with E-state index in [0.29, 0.717) is 10.7 Å². The molecule has 0 spiro atoms. The van der Waals surface area contributed by atoms with Crippen LogP contribution in [0.2, 0.25) is 0 Å². The van der Waals surface area contributed by atoms with Crippen LogP contribution in [0.1, 0.15) is 42.3 Å². The van der Waals surface area contributed by atoms with Crippen molar-refractivity contribution in [1.82, 2.24) is 10.2 Å². The molecule has 1 amide bonds. The quantitative estimate of drug-likeness (QED) is 0.323. The van der Waals surface area contributed by atoms with E-state index in [0.717, 1.165) is 29.0 Å². The van der Waals surface area contributed by atoms with Crippen LogP contribution in [-0.4, -0.2) is 16.1 Å². The van der Waals surface area contributed by atoms with Crippen LogP contribution < -0.4 is 5.32 Å². The summed E-state index contributed by atoms with van der Waals surface area (Å²) in [6, 6.07) is 19.5. The summed E-state index contributed by atoms with van der Waals surface area (Å²) in [5.41, 5.74) is 2.44. The molecule has 0 radical (unpaired) electrons. The first-order chi connectivity index (χ1) is 13.3. The molecule has 0 fully saturated rings. The molecule has 0 atom stereocenters. The van der Waals surface area contributed by atoms with Gasteiger partial charge in [0.25, 0.3) is 5.91 Å². The summed E-state index contributed by atoms with van der Waals surface area (Å²) in [6.07, 6.45) is 6.26. The highest BCUT2D eigenvalue weighted by Gasteiger charge is 2.15. The highest BCUT2D eigenvalue weighted by atomic mass is 32.1. The van der Waals surface area contributed by atoms with Crippen LogP contribution in [0, 0.1) is 0 Å². The van der Waals surface area contributed by atoms with E-state index in [4.69, 9.17) is 0 Å². The second kappa shape index (κ2) is 9.78. The maximum atomic E-state index is 12.9. The molecule has 138 valence electrons. The smallest absolute Gasteiger partial charge is 0.258 e. The number of carbonyl (C=O) groups is 1. The summed E-state index contributed by atoms with van der Waals surface area (Å²) in [5, 5.41) is 12.7. The second-order valence-electron chi connectivity index (χ2n) is 6.25. The van der Waals surface area contributed by atoms with Gasteiger partial charge in [-0.1, -0.05) is 91.8 Å². The Morgan fingerprint density at radius 3 is 2.41 bits per heavy atom. The molecule has 0 aliphatic carbocycles. The van der Waals surface area contributed by atoms with E-state index in [1.807, 2.05) is 66.7 Å². The Bertz CT molecular complexity index is 888. The lowest BCUT2D eigenvalue weighted by atomic mass is 10.0. The molecule has 1 aromatic heterocycles. The molecule has 4 nitrogen and oxygen atoms in total.